The number of hydrogen-bond acceptors (Lipinski definition) is 3. The number of halogens is 2. The molecule has 1 aliphatic rings. The van der Waals surface area contributed by atoms with Crippen LogP contribution >= 0.6 is 11.6 Å². The summed E-state index contributed by atoms with van der Waals surface area (Å²) in [7, 11) is -3.80. The fourth-order valence-electron chi connectivity index (χ4n) is 2.54. The molecule has 0 bridgehead atoms. The van der Waals surface area contributed by atoms with Gasteiger partial charge in [0.05, 0.1) is 10.7 Å². The lowest BCUT2D eigenvalue weighted by molar-refractivity contribution is 0.402. The predicted molar refractivity (Wildman–Crippen MR) is 77.5 cm³/mol. The van der Waals surface area contributed by atoms with Gasteiger partial charge in [-0.15, -0.1) is 0 Å². The van der Waals surface area contributed by atoms with Crippen molar-refractivity contribution in [2.24, 2.45) is 11.8 Å². The van der Waals surface area contributed by atoms with Gasteiger partial charge in [0.25, 0.3) is 0 Å². The van der Waals surface area contributed by atoms with E-state index >= 15 is 0 Å². The maximum atomic E-state index is 13.2. The predicted octanol–water partition coefficient (Wildman–Crippen LogP) is 2.77. The van der Waals surface area contributed by atoms with E-state index in [2.05, 4.69) is 11.6 Å². The molecule has 20 heavy (non-hydrogen) atoms. The lowest BCUT2D eigenvalue weighted by Crippen LogP contribution is -2.37. The van der Waals surface area contributed by atoms with Crippen LogP contribution in [0.3, 0.4) is 0 Å². The van der Waals surface area contributed by atoms with E-state index in [0.717, 1.165) is 25.0 Å². The van der Waals surface area contributed by atoms with Gasteiger partial charge in [0, 0.05) is 6.04 Å². The molecule has 1 aromatic carbocycles. The number of sulfonamides is 1. The number of anilines is 1. The van der Waals surface area contributed by atoms with Gasteiger partial charge in [0.15, 0.2) is 0 Å². The monoisotopic (exact) mass is 320 g/mol. The Labute approximate surface area is 123 Å². The molecule has 0 spiro atoms. The smallest absolute Gasteiger partial charge is 0.242 e. The molecule has 0 radical (unpaired) electrons. The molecule has 1 saturated carbocycles. The highest BCUT2D eigenvalue weighted by atomic mass is 35.5. The second-order valence-electron chi connectivity index (χ2n) is 5.45. The maximum Gasteiger partial charge on any atom is 0.242 e. The molecule has 7 heteroatoms. The van der Waals surface area contributed by atoms with Crippen LogP contribution in [0.1, 0.15) is 26.7 Å². The van der Waals surface area contributed by atoms with E-state index in [1.807, 2.05) is 6.92 Å². The molecular formula is C13H18ClFN2O2S. The summed E-state index contributed by atoms with van der Waals surface area (Å²) in [5.74, 6) is -0.00499. The molecular weight excluding hydrogens is 303 g/mol. The number of hydrogen-bond donors (Lipinski definition) is 2. The Morgan fingerprint density at radius 1 is 1.35 bits per heavy atom. The topological polar surface area (TPSA) is 72.2 Å². The summed E-state index contributed by atoms with van der Waals surface area (Å²) in [5.41, 5.74) is 5.18. The molecule has 0 heterocycles. The minimum absolute atomic E-state index is 0.127. The van der Waals surface area contributed by atoms with Crippen molar-refractivity contribution >= 4 is 27.3 Å². The highest BCUT2D eigenvalue weighted by molar-refractivity contribution is 7.89. The summed E-state index contributed by atoms with van der Waals surface area (Å²) in [4.78, 5) is -0.176. The van der Waals surface area contributed by atoms with E-state index in [-0.39, 0.29) is 27.6 Å². The quantitative estimate of drug-likeness (QED) is 0.841. The average Bonchev–Trinajstić information content (AvgIpc) is 2.65. The molecule has 2 rings (SSSR count). The summed E-state index contributed by atoms with van der Waals surface area (Å²) < 4.78 is 40.6. The van der Waals surface area contributed by atoms with Gasteiger partial charge in [-0.25, -0.2) is 17.5 Å². The Morgan fingerprint density at radius 3 is 2.55 bits per heavy atom. The van der Waals surface area contributed by atoms with Crippen LogP contribution in [0.2, 0.25) is 5.02 Å². The normalized spacial score (nSPS) is 26.9. The van der Waals surface area contributed by atoms with E-state index in [1.165, 1.54) is 0 Å². The molecule has 0 saturated heterocycles. The molecule has 1 aliphatic carbocycles. The summed E-state index contributed by atoms with van der Waals surface area (Å²) in [6.07, 6.45) is 1.77. The molecule has 3 unspecified atom stereocenters. The lowest BCUT2D eigenvalue weighted by atomic mass is 9.98. The average molecular weight is 321 g/mol. The number of nitrogens with one attached hydrogen (secondary N) is 1. The van der Waals surface area contributed by atoms with E-state index in [1.54, 1.807) is 0 Å². The van der Waals surface area contributed by atoms with Crippen LogP contribution in [0, 0.1) is 17.7 Å². The maximum absolute atomic E-state index is 13.2. The van der Waals surface area contributed by atoms with E-state index in [9.17, 15) is 12.8 Å². The van der Waals surface area contributed by atoms with Crippen molar-refractivity contribution in [1.82, 2.24) is 4.72 Å². The minimum Gasteiger partial charge on any atom is -0.396 e. The molecule has 1 aromatic rings. The van der Waals surface area contributed by atoms with Crippen LogP contribution < -0.4 is 10.5 Å². The van der Waals surface area contributed by atoms with E-state index in [4.69, 9.17) is 17.3 Å². The zero-order valence-corrected chi connectivity index (χ0v) is 12.9. The number of rotatable bonds is 3. The largest absolute Gasteiger partial charge is 0.396 e. The first-order valence-electron chi connectivity index (χ1n) is 6.49. The van der Waals surface area contributed by atoms with Gasteiger partial charge >= 0.3 is 0 Å². The SMILES string of the molecule is CC1CCC(NS(=O)(=O)c2cc(N)c(F)cc2Cl)C1C. The Morgan fingerprint density at radius 2 is 2.00 bits per heavy atom. The fraction of sp³-hybridized carbons (Fsp3) is 0.538. The van der Waals surface area contributed by atoms with Gasteiger partial charge in [-0.3, -0.25) is 0 Å². The summed E-state index contributed by atoms with van der Waals surface area (Å²) in [6, 6.07) is 1.85. The molecule has 0 aromatic heterocycles. The fourth-order valence-corrected chi connectivity index (χ4v) is 4.46. The molecule has 0 amide bonds. The molecule has 112 valence electrons. The first-order valence-corrected chi connectivity index (χ1v) is 8.35. The van der Waals surface area contributed by atoms with Gasteiger partial charge < -0.3 is 5.73 Å². The third-order valence-corrected chi connectivity index (χ3v) is 6.07. The Kier molecular flexibility index (Phi) is 4.27. The standard InChI is InChI=1S/C13H18ClFN2O2S/c1-7-3-4-12(8(7)2)17-20(18,19)13-6-11(16)10(15)5-9(13)14/h5-8,12,17H,3-4,16H2,1-2H3. The van der Waals surface area contributed by atoms with Crippen LogP contribution in [0.4, 0.5) is 10.1 Å². The minimum atomic E-state index is -3.80. The second-order valence-corrected chi connectivity index (χ2v) is 7.54. The van der Waals surface area contributed by atoms with Crippen molar-refractivity contribution < 1.29 is 12.8 Å². The van der Waals surface area contributed by atoms with E-state index in [0.29, 0.717) is 5.92 Å². The first kappa shape index (κ1) is 15.5. The second kappa shape index (κ2) is 5.50. The van der Waals surface area contributed by atoms with Crippen LogP contribution in [0.5, 0.6) is 0 Å². The zero-order chi connectivity index (χ0) is 15.1. The summed E-state index contributed by atoms with van der Waals surface area (Å²) in [5, 5.41) is -0.164. The van der Waals surface area contributed by atoms with Crippen molar-refractivity contribution in [1.29, 1.82) is 0 Å². The van der Waals surface area contributed by atoms with Gasteiger partial charge in [0.2, 0.25) is 10.0 Å². The number of nitrogen functional groups attached to an aromatic ring is 1. The lowest BCUT2D eigenvalue weighted by Gasteiger charge is -2.20. The van der Waals surface area contributed by atoms with Crippen molar-refractivity contribution in [2.75, 3.05) is 5.73 Å². The highest BCUT2D eigenvalue weighted by Crippen LogP contribution is 2.33. The number of nitrogens with two attached hydrogens (primary N) is 1. The van der Waals surface area contributed by atoms with Gasteiger partial charge in [-0.1, -0.05) is 25.4 Å². The molecule has 3 atom stereocenters. The molecule has 3 N–H and O–H groups in total. The molecule has 0 aliphatic heterocycles. The zero-order valence-electron chi connectivity index (χ0n) is 11.4. The van der Waals surface area contributed by atoms with Gasteiger partial charge in [0.1, 0.15) is 10.7 Å². The van der Waals surface area contributed by atoms with Crippen molar-refractivity contribution in [3.8, 4) is 0 Å². The van der Waals surface area contributed by atoms with Crippen LogP contribution in [0.25, 0.3) is 0 Å². The van der Waals surface area contributed by atoms with Crippen LogP contribution in [0.15, 0.2) is 17.0 Å². The third-order valence-electron chi connectivity index (χ3n) is 4.11. The van der Waals surface area contributed by atoms with Gasteiger partial charge in [-0.2, -0.15) is 0 Å². The van der Waals surface area contributed by atoms with Crippen LogP contribution in [-0.2, 0) is 10.0 Å². The van der Waals surface area contributed by atoms with E-state index < -0.39 is 15.8 Å². The summed E-state index contributed by atoms with van der Waals surface area (Å²) in [6.45, 7) is 4.12. The molecule has 4 nitrogen and oxygen atoms in total. The first-order chi connectivity index (χ1) is 9.22. The van der Waals surface area contributed by atoms with Crippen LogP contribution in [-0.4, -0.2) is 14.5 Å². The van der Waals surface area contributed by atoms with Crippen molar-refractivity contribution in [2.45, 2.75) is 37.6 Å². The van der Waals surface area contributed by atoms with Crippen molar-refractivity contribution in [3.63, 3.8) is 0 Å². The van der Waals surface area contributed by atoms with Crippen molar-refractivity contribution in [3.05, 3.63) is 23.0 Å². The number of benzene rings is 1. The third kappa shape index (κ3) is 2.92. The Hall–Kier alpha value is -0.850. The Balaban J connectivity index is 2.30. The van der Waals surface area contributed by atoms with Gasteiger partial charge in [-0.05, 0) is 36.8 Å². The molecule has 1 fully saturated rings. The Bertz CT molecular complexity index is 621. The highest BCUT2D eigenvalue weighted by Gasteiger charge is 2.33. The summed E-state index contributed by atoms with van der Waals surface area (Å²) >= 11 is 5.82.